The third kappa shape index (κ3) is 2.88. The molecule has 2 N–H and O–H groups in total. The molecule has 2 unspecified atom stereocenters. The van der Waals surface area contributed by atoms with E-state index in [-0.39, 0.29) is 12.1 Å². The van der Waals surface area contributed by atoms with Gasteiger partial charge in [-0.2, -0.15) is 0 Å². The van der Waals surface area contributed by atoms with Crippen LogP contribution in [0.4, 0.5) is 0 Å². The predicted molar refractivity (Wildman–Crippen MR) is 43.9 cm³/mol. The van der Waals surface area contributed by atoms with Gasteiger partial charge in [0.15, 0.2) is 0 Å². The van der Waals surface area contributed by atoms with Crippen molar-refractivity contribution in [3.63, 3.8) is 0 Å². The van der Waals surface area contributed by atoms with Crippen LogP contribution in [0.3, 0.4) is 0 Å². The molecule has 0 saturated carbocycles. The Morgan fingerprint density at radius 3 is 2.67 bits per heavy atom. The maximum atomic E-state index is 10.7. The van der Waals surface area contributed by atoms with E-state index in [0.29, 0.717) is 13.0 Å². The van der Waals surface area contributed by atoms with Crippen LogP contribution in [0.2, 0.25) is 0 Å². The van der Waals surface area contributed by atoms with Gasteiger partial charge in [0.1, 0.15) is 0 Å². The average molecular weight is 191 g/mol. The molecule has 0 aliphatic carbocycles. The minimum atomic E-state index is -3.16. The van der Waals surface area contributed by atoms with Gasteiger partial charge in [-0.25, -0.2) is 13.1 Å². The van der Waals surface area contributed by atoms with Gasteiger partial charge in [-0.3, -0.25) is 4.79 Å². The summed E-state index contributed by atoms with van der Waals surface area (Å²) >= 11 is 0. The van der Waals surface area contributed by atoms with E-state index in [1.807, 2.05) is 0 Å². The molecule has 0 aromatic rings. The standard InChI is InChI=1S/C6H11N2O3S/c1-12(10,11)8-5-2-6(4-9)7-3-5/h5-8H,2-3H2,1H3. The highest BCUT2D eigenvalue weighted by Gasteiger charge is 2.25. The number of sulfonamides is 1. The maximum Gasteiger partial charge on any atom is 0.216 e. The molecule has 1 aliphatic rings. The summed E-state index contributed by atoms with van der Waals surface area (Å²) in [6, 6.07) is -0.504. The van der Waals surface area contributed by atoms with Crippen LogP contribution in [-0.4, -0.2) is 39.6 Å². The highest BCUT2D eigenvalue weighted by molar-refractivity contribution is 7.88. The van der Waals surface area contributed by atoms with Crippen LogP contribution in [-0.2, 0) is 14.8 Å². The molecule has 1 heterocycles. The summed E-state index contributed by atoms with van der Waals surface area (Å²) in [7, 11) is -3.16. The SMILES string of the molecule is CS(=O)(=O)NC1CNC([C]=O)C1. The van der Waals surface area contributed by atoms with Gasteiger partial charge in [0, 0.05) is 12.6 Å². The molecule has 0 aromatic heterocycles. The molecular weight excluding hydrogens is 180 g/mol. The molecule has 12 heavy (non-hydrogen) atoms. The second-order valence-electron chi connectivity index (χ2n) is 2.90. The van der Waals surface area contributed by atoms with Crippen LogP contribution in [0.5, 0.6) is 0 Å². The van der Waals surface area contributed by atoms with Crippen molar-refractivity contribution in [3.05, 3.63) is 0 Å². The van der Waals surface area contributed by atoms with Crippen molar-refractivity contribution in [2.75, 3.05) is 12.8 Å². The smallest absolute Gasteiger partial charge is 0.216 e. The van der Waals surface area contributed by atoms with Crippen molar-refractivity contribution in [2.24, 2.45) is 0 Å². The zero-order valence-electron chi connectivity index (χ0n) is 6.70. The number of carbonyl (C=O) groups excluding carboxylic acids is 1. The van der Waals surface area contributed by atoms with E-state index in [0.717, 1.165) is 6.26 Å². The van der Waals surface area contributed by atoms with Crippen LogP contribution >= 0.6 is 0 Å². The van der Waals surface area contributed by atoms with E-state index in [9.17, 15) is 13.2 Å². The molecule has 2 atom stereocenters. The molecule has 0 spiro atoms. The second kappa shape index (κ2) is 3.51. The first-order chi connectivity index (χ1) is 5.51. The van der Waals surface area contributed by atoms with Crippen LogP contribution < -0.4 is 10.0 Å². The van der Waals surface area contributed by atoms with Gasteiger partial charge in [-0.05, 0) is 6.42 Å². The van der Waals surface area contributed by atoms with E-state index in [1.54, 1.807) is 6.29 Å². The summed E-state index contributed by atoms with van der Waals surface area (Å²) in [5.41, 5.74) is 0. The largest absolute Gasteiger partial charge is 0.305 e. The van der Waals surface area contributed by atoms with E-state index in [1.165, 1.54) is 0 Å². The zero-order valence-corrected chi connectivity index (χ0v) is 7.52. The summed E-state index contributed by atoms with van der Waals surface area (Å²) in [6.45, 7) is 0.493. The zero-order chi connectivity index (χ0) is 9.19. The summed E-state index contributed by atoms with van der Waals surface area (Å²) in [4.78, 5) is 10.2. The van der Waals surface area contributed by atoms with E-state index in [4.69, 9.17) is 0 Å². The Labute approximate surface area is 71.6 Å². The Bertz CT molecular complexity index is 262. The lowest BCUT2D eigenvalue weighted by Gasteiger charge is -2.07. The molecule has 5 nitrogen and oxygen atoms in total. The van der Waals surface area contributed by atoms with Gasteiger partial charge in [0.25, 0.3) is 0 Å². The van der Waals surface area contributed by atoms with Crippen molar-refractivity contribution in [1.82, 2.24) is 10.0 Å². The van der Waals surface area contributed by atoms with Crippen molar-refractivity contribution < 1.29 is 13.2 Å². The second-order valence-corrected chi connectivity index (χ2v) is 4.68. The Balaban J connectivity index is 2.43. The van der Waals surface area contributed by atoms with Crippen LogP contribution in [0, 0.1) is 0 Å². The van der Waals surface area contributed by atoms with Gasteiger partial charge in [0.2, 0.25) is 16.3 Å². The van der Waals surface area contributed by atoms with E-state index in [2.05, 4.69) is 10.0 Å². The minimum Gasteiger partial charge on any atom is -0.305 e. The lowest BCUT2D eigenvalue weighted by molar-refractivity contribution is 0.530. The first kappa shape index (κ1) is 9.63. The Kier molecular flexibility index (Phi) is 2.81. The fourth-order valence-corrected chi connectivity index (χ4v) is 2.00. The summed E-state index contributed by atoms with van der Waals surface area (Å²) in [5, 5.41) is 2.83. The van der Waals surface area contributed by atoms with Crippen LogP contribution in [0.25, 0.3) is 0 Å². The summed E-state index contributed by atoms with van der Waals surface area (Å²) in [5.74, 6) is 0. The fourth-order valence-electron chi connectivity index (χ4n) is 1.22. The Hall–Kier alpha value is -0.460. The molecule has 0 aromatic carbocycles. The van der Waals surface area contributed by atoms with Crippen molar-refractivity contribution in [1.29, 1.82) is 0 Å². The van der Waals surface area contributed by atoms with Crippen molar-refractivity contribution >= 4 is 16.3 Å². The van der Waals surface area contributed by atoms with E-state index < -0.39 is 10.0 Å². The van der Waals surface area contributed by atoms with Gasteiger partial charge >= 0.3 is 0 Å². The van der Waals surface area contributed by atoms with Gasteiger partial charge < -0.3 is 5.32 Å². The van der Waals surface area contributed by atoms with Gasteiger partial charge in [0.05, 0.1) is 12.3 Å². The average Bonchev–Trinajstić information content (AvgIpc) is 2.32. The summed E-state index contributed by atoms with van der Waals surface area (Å²) in [6.07, 6.45) is 3.37. The first-order valence-corrected chi connectivity index (χ1v) is 5.49. The topological polar surface area (TPSA) is 75.3 Å². The third-order valence-corrected chi connectivity index (χ3v) is 2.42. The lowest BCUT2D eigenvalue weighted by Crippen LogP contribution is -2.35. The van der Waals surface area contributed by atoms with Crippen LogP contribution in [0.1, 0.15) is 6.42 Å². The van der Waals surface area contributed by atoms with E-state index >= 15 is 0 Å². The molecule has 1 saturated heterocycles. The van der Waals surface area contributed by atoms with Gasteiger partial charge in [-0.15, -0.1) is 0 Å². The number of rotatable bonds is 3. The number of hydrogen-bond acceptors (Lipinski definition) is 4. The monoisotopic (exact) mass is 191 g/mol. The number of hydrogen-bond donors (Lipinski definition) is 2. The molecule has 1 fully saturated rings. The normalized spacial score (nSPS) is 30.4. The predicted octanol–water partition coefficient (Wildman–Crippen LogP) is -1.62. The summed E-state index contributed by atoms with van der Waals surface area (Å²) < 4.78 is 23.9. The highest BCUT2D eigenvalue weighted by Crippen LogP contribution is 2.04. The first-order valence-electron chi connectivity index (χ1n) is 3.59. The molecule has 69 valence electrons. The van der Waals surface area contributed by atoms with Crippen molar-refractivity contribution in [2.45, 2.75) is 18.5 Å². The Morgan fingerprint density at radius 1 is 1.58 bits per heavy atom. The minimum absolute atomic E-state index is 0.175. The molecule has 0 amide bonds. The lowest BCUT2D eigenvalue weighted by atomic mass is 10.2. The quantitative estimate of drug-likeness (QED) is 0.562. The number of nitrogens with one attached hydrogen (secondary N) is 2. The molecule has 1 rings (SSSR count). The van der Waals surface area contributed by atoms with Crippen LogP contribution in [0.15, 0.2) is 0 Å². The molecule has 0 bridgehead atoms. The maximum absolute atomic E-state index is 10.7. The third-order valence-electron chi connectivity index (χ3n) is 1.65. The Morgan fingerprint density at radius 2 is 2.25 bits per heavy atom. The van der Waals surface area contributed by atoms with Crippen molar-refractivity contribution in [3.8, 4) is 0 Å². The molecule has 1 aliphatic heterocycles. The molecular formula is C6H11N2O3S. The molecule has 6 heteroatoms. The fraction of sp³-hybridized carbons (Fsp3) is 0.833. The van der Waals surface area contributed by atoms with Gasteiger partial charge in [-0.1, -0.05) is 0 Å². The highest BCUT2D eigenvalue weighted by atomic mass is 32.2. The molecule has 1 radical (unpaired) electrons.